The summed E-state index contributed by atoms with van der Waals surface area (Å²) in [7, 11) is 0. The molecule has 2 atom stereocenters. The molecule has 96 valence electrons. The van der Waals surface area contributed by atoms with E-state index in [9.17, 15) is 0 Å². The maximum Gasteiger partial charge on any atom is 0.114 e. The van der Waals surface area contributed by atoms with E-state index in [-0.39, 0.29) is 0 Å². The van der Waals surface area contributed by atoms with Gasteiger partial charge in [-0.2, -0.15) is 0 Å². The molecule has 0 spiro atoms. The van der Waals surface area contributed by atoms with Crippen LogP contribution in [0, 0.1) is 0 Å². The monoisotopic (exact) mass is 263 g/mol. The van der Waals surface area contributed by atoms with Gasteiger partial charge in [-0.1, -0.05) is 11.6 Å². The van der Waals surface area contributed by atoms with Gasteiger partial charge in [0.15, 0.2) is 0 Å². The summed E-state index contributed by atoms with van der Waals surface area (Å²) >= 11 is 6.05. The normalized spacial score (nSPS) is 23.9. The van der Waals surface area contributed by atoms with Gasteiger partial charge in [0.25, 0.3) is 0 Å². The maximum absolute atomic E-state index is 6.05. The second-order valence-corrected chi connectivity index (χ2v) is 5.42. The summed E-state index contributed by atoms with van der Waals surface area (Å²) in [5, 5.41) is 4.25. The van der Waals surface area contributed by atoms with Crippen molar-refractivity contribution in [3.8, 4) is 0 Å². The number of nitrogens with one attached hydrogen (secondary N) is 1. The van der Waals surface area contributed by atoms with Gasteiger partial charge >= 0.3 is 0 Å². The highest BCUT2D eigenvalue weighted by molar-refractivity contribution is 6.31. The Kier molecular flexibility index (Phi) is 3.04. The lowest BCUT2D eigenvalue weighted by Gasteiger charge is -2.16. The molecule has 2 aromatic rings. The first-order valence-corrected chi connectivity index (χ1v) is 6.97. The number of benzene rings is 1. The van der Waals surface area contributed by atoms with Gasteiger partial charge < -0.3 is 9.88 Å². The third-order valence-electron chi connectivity index (χ3n) is 3.91. The van der Waals surface area contributed by atoms with Crippen LogP contribution in [-0.4, -0.2) is 22.1 Å². The average Bonchev–Trinajstić information content (AvgIpc) is 2.91. The fourth-order valence-electron chi connectivity index (χ4n) is 2.95. The summed E-state index contributed by atoms with van der Waals surface area (Å²) in [6, 6.07) is 6.48. The van der Waals surface area contributed by atoms with Crippen LogP contribution in [0.25, 0.3) is 11.0 Å². The van der Waals surface area contributed by atoms with Gasteiger partial charge in [-0.05, 0) is 45.0 Å². The van der Waals surface area contributed by atoms with E-state index in [0.717, 1.165) is 30.0 Å². The molecule has 3 nitrogen and oxygen atoms in total. The third-order valence-corrected chi connectivity index (χ3v) is 4.15. The van der Waals surface area contributed by atoms with E-state index < -0.39 is 0 Å². The van der Waals surface area contributed by atoms with Crippen LogP contribution in [0.15, 0.2) is 18.2 Å². The van der Waals surface area contributed by atoms with Crippen LogP contribution in [0.3, 0.4) is 0 Å². The average molecular weight is 264 g/mol. The molecule has 2 unspecified atom stereocenters. The largest absolute Gasteiger partial charge is 0.328 e. The molecule has 0 bridgehead atoms. The Morgan fingerprint density at radius 2 is 2.33 bits per heavy atom. The predicted octanol–water partition coefficient (Wildman–Crippen LogP) is 3.18. The number of imidazole rings is 1. The van der Waals surface area contributed by atoms with Crippen molar-refractivity contribution in [2.75, 3.05) is 6.54 Å². The van der Waals surface area contributed by atoms with Crippen LogP contribution in [0.5, 0.6) is 0 Å². The number of hydrogen-bond donors (Lipinski definition) is 1. The van der Waals surface area contributed by atoms with Crippen molar-refractivity contribution >= 4 is 22.6 Å². The van der Waals surface area contributed by atoms with E-state index in [4.69, 9.17) is 16.6 Å². The fraction of sp³-hybridized carbons (Fsp3) is 0.500. The number of halogens is 1. The topological polar surface area (TPSA) is 29.9 Å². The molecule has 0 aliphatic carbocycles. The number of aryl methyl sites for hydroxylation is 1. The first kappa shape index (κ1) is 12.0. The van der Waals surface area contributed by atoms with E-state index >= 15 is 0 Å². The second kappa shape index (κ2) is 4.56. The lowest BCUT2D eigenvalue weighted by atomic mass is 10.0. The molecular formula is C14H18ClN3. The highest BCUT2D eigenvalue weighted by Gasteiger charge is 2.28. The predicted molar refractivity (Wildman–Crippen MR) is 75.2 cm³/mol. The number of fused-ring (bicyclic) bond motifs is 1. The minimum absolute atomic E-state index is 0.502. The van der Waals surface area contributed by atoms with Crippen molar-refractivity contribution in [1.29, 1.82) is 0 Å². The summed E-state index contributed by atoms with van der Waals surface area (Å²) in [5.74, 6) is 1.71. The molecule has 1 saturated heterocycles. The Morgan fingerprint density at radius 3 is 3.00 bits per heavy atom. The van der Waals surface area contributed by atoms with Crippen LogP contribution in [0.4, 0.5) is 0 Å². The zero-order valence-corrected chi connectivity index (χ0v) is 11.5. The third kappa shape index (κ3) is 1.82. The highest BCUT2D eigenvalue weighted by Crippen LogP contribution is 2.30. The molecule has 0 radical (unpaired) electrons. The molecule has 0 amide bonds. The van der Waals surface area contributed by atoms with Crippen molar-refractivity contribution < 1.29 is 0 Å². The molecule has 3 rings (SSSR count). The number of nitrogens with zero attached hydrogens (tertiary/aromatic N) is 2. The fourth-order valence-corrected chi connectivity index (χ4v) is 3.11. The quantitative estimate of drug-likeness (QED) is 0.902. The second-order valence-electron chi connectivity index (χ2n) is 4.99. The molecule has 1 aromatic carbocycles. The zero-order chi connectivity index (χ0) is 12.7. The minimum atomic E-state index is 0.502. The Morgan fingerprint density at radius 1 is 1.50 bits per heavy atom. The van der Waals surface area contributed by atoms with Gasteiger partial charge in [0.1, 0.15) is 5.82 Å². The van der Waals surface area contributed by atoms with Crippen molar-refractivity contribution in [1.82, 2.24) is 14.9 Å². The van der Waals surface area contributed by atoms with Gasteiger partial charge in [-0.15, -0.1) is 0 Å². The lowest BCUT2D eigenvalue weighted by Crippen LogP contribution is -2.23. The van der Waals surface area contributed by atoms with Gasteiger partial charge in [-0.3, -0.25) is 0 Å². The summed E-state index contributed by atoms with van der Waals surface area (Å²) in [4.78, 5) is 4.82. The smallest absolute Gasteiger partial charge is 0.114 e. The molecule has 1 aromatic heterocycles. The van der Waals surface area contributed by atoms with Gasteiger partial charge in [0.2, 0.25) is 0 Å². The lowest BCUT2D eigenvalue weighted by molar-refractivity contribution is 0.542. The number of aromatic nitrogens is 2. The van der Waals surface area contributed by atoms with E-state index in [1.807, 2.05) is 12.1 Å². The van der Waals surface area contributed by atoms with E-state index in [1.54, 1.807) is 0 Å². The van der Waals surface area contributed by atoms with E-state index in [0.29, 0.717) is 12.0 Å². The maximum atomic E-state index is 6.05. The molecule has 1 aliphatic heterocycles. The van der Waals surface area contributed by atoms with Gasteiger partial charge in [-0.25, -0.2) is 4.98 Å². The van der Waals surface area contributed by atoms with Gasteiger partial charge in [0, 0.05) is 23.5 Å². The first-order valence-electron chi connectivity index (χ1n) is 6.59. The molecule has 2 heterocycles. The Labute approximate surface area is 112 Å². The Balaban J connectivity index is 2.16. The number of hydrogen-bond acceptors (Lipinski definition) is 2. The molecule has 18 heavy (non-hydrogen) atoms. The van der Waals surface area contributed by atoms with Crippen LogP contribution in [0.2, 0.25) is 5.02 Å². The van der Waals surface area contributed by atoms with Crippen LogP contribution < -0.4 is 5.32 Å². The molecule has 1 fully saturated rings. The van der Waals surface area contributed by atoms with Crippen LogP contribution in [-0.2, 0) is 6.54 Å². The first-order chi connectivity index (χ1) is 8.70. The SMILES string of the molecule is CCn1c(C2CCNC2C)nc2cc(Cl)ccc21. The zero-order valence-electron chi connectivity index (χ0n) is 10.8. The molecule has 4 heteroatoms. The molecule has 0 saturated carbocycles. The summed E-state index contributed by atoms with van der Waals surface area (Å²) in [5.41, 5.74) is 2.20. The standard InChI is InChI=1S/C14H18ClN3/c1-3-18-13-5-4-10(15)8-12(13)17-14(18)11-6-7-16-9(11)2/h4-5,8-9,11,16H,3,6-7H2,1-2H3. The summed E-state index contributed by atoms with van der Waals surface area (Å²) in [6.45, 7) is 6.45. The molecule has 1 aliphatic rings. The van der Waals surface area contributed by atoms with Crippen LogP contribution in [0.1, 0.15) is 32.0 Å². The highest BCUT2D eigenvalue weighted by atomic mass is 35.5. The molecular weight excluding hydrogens is 246 g/mol. The minimum Gasteiger partial charge on any atom is -0.328 e. The van der Waals surface area contributed by atoms with Crippen molar-refractivity contribution in [3.05, 3.63) is 29.0 Å². The van der Waals surface area contributed by atoms with Crippen LogP contribution >= 0.6 is 11.6 Å². The summed E-state index contributed by atoms with van der Waals surface area (Å²) in [6.07, 6.45) is 1.16. The Hall–Kier alpha value is -1.06. The number of rotatable bonds is 2. The van der Waals surface area contributed by atoms with Crippen molar-refractivity contribution in [2.45, 2.75) is 38.8 Å². The molecule has 1 N–H and O–H groups in total. The van der Waals surface area contributed by atoms with E-state index in [1.165, 1.54) is 11.3 Å². The summed E-state index contributed by atoms with van der Waals surface area (Å²) < 4.78 is 2.32. The van der Waals surface area contributed by atoms with Crippen molar-refractivity contribution in [2.24, 2.45) is 0 Å². The Bertz CT molecular complexity index is 576. The van der Waals surface area contributed by atoms with E-state index in [2.05, 4.69) is 29.8 Å². The van der Waals surface area contributed by atoms with Gasteiger partial charge in [0.05, 0.1) is 11.0 Å². The van der Waals surface area contributed by atoms with Crippen molar-refractivity contribution in [3.63, 3.8) is 0 Å².